The third-order valence-corrected chi connectivity index (χ3v) is 4.42. The fourth-order valence-electron chi connectivity index (χ4n) is 2.36. The smallest absolute Gasteiger partial charge is 0.230 e. The Bertz CT molecular complexity index is 396. The van der Waals surface area contributed by atoms with Crippen molar-refractivity contribution in [1.29, 1.82) is 0 Å². The standard InChI is InChI=1S/C15H21NO2S/c17-14-9-5-4-8-13(14)16-15(18)11-19-10-12-6-2-1-3-7-12/h1-3,6-7,13-14,17H,4-5,8-11H2,(H,16,18). The molecule has 2 N–H and O–H groups in total. The summed E-state index contributed by atoms with van der Waals surface area (Å²) in [6, 6.07) is 10.1. The van der Waals surface area contributed by atoms with Crippen LogP contribution in [-0.4, -0.2) is 28.9 Å². The summed E-state index contributed by atoms with van der Waals surface area (Å²) in [5, 5.41) is 12.7. The maximum absolute atomic E-state index is 11.8. The van der Waals surface area contributed by atoms with Crippen LogP contribution in [0, 0.1) is 0 Å². The lowest BCUT2D eigenvalue weighted by Gasteiger charge is -2.28. The molecule has 2 atom stereocenters. The summed E-state index contributed by atoms with van der Waals surface area (Å²) in [6.45, 7) is 0. The van der Waals surface area contributed by atoms with E-state index in [2.05, 4.69) is 17.4 Å². The van der Waals surface area contributed by atoms with Crippen molar-refractivity contribution in [3.05, 3.63) is 35.9 Å². The molecule has 19 heavy (non-hydrogen) atoms. The van der Waals surface area contributed by atoms with Crippen molar-refractivity contribution in [2.45, 2.75) is 43.6 Å². The molecule has 2 unspecified atom stereocenters. The number of carbonyl (C=O) groups is 1. The lowest BCUT2D eigenvalue weighted by atomic mass is 9.93. The molecule has 3 nitrogen and oxygen atoms in total. The average molecular weight is 279 g/mol. The first kappa shape index (κ1) is 14.4. The zero-order valence-electron chi connectivity index (χ0n) is 11.0. The zero-order valence-corrected chi connectivity index (χ0v) is 11.9. The van der Waals surface area contributed by atoms with Gasteiger partial charge < -0.3 is 10.4 Å². The first-order valence-electron chi connectivity index (χ1n) is 6.85. The van der Waals surface area contributed by atoms with Gasteiger partial charge in [0, 0.05) is 5.75 Å². The largest absolute Gasteiger partial charge is 0.391 e. The third kappa shape index (κ3) is 4.88. The van der Waals surface area contributed by atoms with Crippen LogP contribution < -0.4 is 5.32 Å². The van der Waals surface area contributed by atoms with E-state index in [4.69, 9.17) is 0 Å². The number of aliphatic hydroxyl groups excluding tert-OH is 1. The van der Waals surface area contributed by atoms with Crippen molar-refractivity contribution in [1.82, 2.24) is 5.32 Å². The Labute approximate surface area is 118 Å². The average Bonchev–Trinajstić information content (AvgIpc) is 2.43. The van der Waals surface area contributed by atoms with Gasteiger partial charge >= 0.3 is 0 Å². The number of aliphatic hydroxyl groups is 1. The molecule has 1 fully saturated rings. The van der Waals surface area contributed by atoms with Crippen molar-refractivity contribution >= 4 is 17.7 Å². The molecule has 1 saturated carbocycles. The quantitative estimate of drug-likeness (QED) is 0.870. The van der Waals surface area contributed by atoms with Crippen LogP contribution in [0.15, 0.2) is 30.3 Å². The van der Waals surface area contributed by atoms with Gasteiger partial charge in [-0.1, -0.05) is 43.2 Å². The van der Waals surface area contributed by atoms with E-state index in [1.807, 2.05) is 18.2 Å². The Kier molecular flexibility index (Phi) is 5.73. The van der Waals surface area contributed by atoms with Crippen molar-refractivity contribution in [2.75, 3.05) is 5.75 Å². The second kappa shape index (κ2) is 7.56. The summed E-state index contributed by atoms with van der Waals surface area (Å²) >= 11 is 1.61. The van der Waals surface area contributed by atoms with Gasteiger partial charge in [-0.3, -0.25) is 4.79 Å². The highest BCUT2D eigenvalue weighted by atomic mass is 32.2. The number of hydrogen-bond acceptors (Lipinski definition) is 3. The lowest BCUT2D eigenvalue weighted by molar-refractivity contribution is -0.120. The predicted molar refractivity (Wildman–Crippen MR) is 79.0 cm³/mol. The number of carbonyl (C=O) groups excluding carboxylic acids is 1. The second-order valence-electron chi connectivity index (χ2n) is 5.00. The van der Waals surface area contributed by atoms with Gasteiger partial charge in [0.2, 0.25) is 5.91 Å². The number of thioether (sulfide) groups is 1. The van der Waals surface area contributed by atoms with Gasteiger partial charge in [0.05, 0.1) is 17.9 Å². The summed E-state index contributed by atoms with van der Waals surface area (Å²) < 4.78 is 0. The van der Waals surface area contributed by atoms with Crippen LogP contribution in [0.2, 0.25) is 0 Å². The number of hydrogen-bond donors (Lipinski definition) is 2. The minimum atomic E-state index is -0.364. The Balaban J connectivity index is 1.67. The predicted octanol–water partition coefficient (Wildman–Crippen LogP) is 2.34. The fourth-order valence-corrected chi connectivity index (χ4v) is 3.16. The summed E-state index contributed by atoms with van der Waals surface area (Å²) in [7, 11) is 0. The Morgan fingerprint density at radius 3 is 2.74 bits per heavy atom. The van der Waals surface area contributed by atoms with Crippen LogP contribution in [0.5, 0.6) is 0 Å². The molecule has 104 valence electrons. The molecule has 1 aromatic carbocycles. The van der Waals surface area contributed by atoms with Gasteiger partial charge in [0.1, 0.15) is 0 Å². The van der Waals surface area contributed by atoms with Crippen LogP contribution in [0.25, 0.3) is 0 Å². The minimum absolute atomic E-state index is 0.0341. The molecule has 0 aliphatic heterocycles. The monoisotopic (exact) mass is 279 g/mol. The number of rotatable bonds is 5. The molecule has 0 heterocycles. The Hall–Kier alpha value is -1.00. The molecular formula is C15H21NO2S. The van der Waals surface area contributed by atoms with E-state index in [9.17, 15) is 9.90 Å². The van der Waals surface area contributed by atoms with E-state index in [0.29, 0.717) is 5.75 Å². The number of nitrogens with one attached hydrogen (secondary N) is 1. The maximum atomic E-state index is 11.8. The highest BCUT2D eigenvalue weighted by Gasteiger charge is 2.24. The van der Waals surface area contributed by atoms with Gasteiger partial charge in [0.25, 0.3) is 0 Å². The van der Waals surface area contributed by atoms with E-state index in [0.717, 1.165) is 31.4 Å². The van der Waals surface area contributed by atoms with Crippen LogP contribution in [0.4, 0.5) is 0 Å². The minimum Gasteiger partial charge on any atom is -0.391 e. The molecule has 1 aliphatic rings. The number of amides is 1. The molecule has 0 saturated heterocycles. The van der Waals surface area contributed by atoms with Gasteiger partial charge in [-0.05, 0) is 18.4 Å². The molecule has 4 heteroatoms. The summed E-state index contributed by atoms with van der Waals surface area (Å²) in [4.78, 5) is 11.8. The summed E-state index contributed by atoms with van der Waals surface area (Å²) in [5.74, 6) is 1.34. The topological polar surface area (TPSA) is 49.3 Å². The molecule has 0 radical (unpaired) electrons. The molecule has 1 aliphatic carbocycles. The van der Waals surface area contributed by atoms with Crippen LogP contribution in [0.1, 0.15) is 31.2 Å². The first-order chi connectivity index (χ1) is 9.25. The lowest BCUT2D eigenvalue weighted by Crippen LogP contribution is -2.45. The van der Waals surface area contributed by atoms with Gasteiger partial charge in [-0.2, -0.15) is 0 Å². The van der Waals surface area contributed by atoms with Crippen molar-refractivity contribution in [3.8, 4) is 0 Å². The van der Waals surface area contributed by atoms with E-state index in [-0.39, 0.29) is 18.1 Å². The maximum Gasteiger partial charge on any atom is 0.230 e. The molecule has 1 amide bonds. The molecular weight excluding hydrogens is 258 g/mol. The molecule has 1 aromatic rings. The Morgan fingerprint density at radius 1 is 1.26 bits per heavy atom. The fraction of sp³-hybridized carbons (Fsp3) is 0.533. The van der Waals surface area contributed by atoms with E-state index in [1.165, 1.54) is 5.56 Å². The highest BCUT2D eigenvalue weighted by molar-refractivity contribution is 7.99. The zero-order chi connectivity index (χ0) is 13.5. The van der Waals surface area contributed by atoms with Crippen LogP contribution >= 0.6 is 11.8 Å². The molecule has 0 spiro atoms. The normalized spacial score (nSPS) is 23.0. The second-order valence-corrected chi connectivity index (χ2v) is 5.99. The van der Waals surface area contributed by atoms with Gasteiger partial charge in [-0.15, -0.1) is 11.8 Å². The third-order valence-electron chi connectivity index (χ3n) is 3.42. The van der Waals surface area contributed by atoms with E-state index >= 15 is 0 Å². The molecule has 0 aromatic heterocycles. The van der Waals surface area contributed by atoms with Crippen molar-refractivity contribution in [3.63, 3.8) is 0 Å². The first-order valence-corrected chi connectivity index (χ1v) is 8.00. The van der Waals surface area contributed by atoms with Crippen LogP contribution in [0.3, 0.4) is 0 Å². The Morgan fingerprint density at radius 2 is 2.00 bits per heavy atom. The summed E-state index contributed by atoms with van der Waals surface area (Å²) in [6.07, 6.45) is 3.50. The molecule has 0 bridgehead atoms. The van der Waals surface area contributed by atoms with Gasteiger partial charge in [-0.25, -0.2) is 0 Å². The van der Waals surface area contributed by atoms with E-state index in [1.54, 1.807) is 11.8 Å². The van der Waals surface area contributed by atoms with E-state index < -0.39 is 0 Å². The van der Waals surface area contributed by atoms with Crippen molar-refractivity contribution < 1.29 is 9.90 Å². The van der Waals surface area contributed by atoms with Crippen LogP contribution in [-0.2, 0) is 10.5 Å². The number of benzene rings is 1. The molecule has 2 rings (SSSR count). The van der Waals surface area contributed by atoms with Gasteiger partial charge in [0.15, 0.2) is 0 Å². The summed E-state index contributed by atoms with van der Waals surface area (Å²) in [5.41, 5.74) is 1.23. The van der Waals surface area contributed by atoms with Crippen molar-refractivity contribution in [2.24, 2.45) is 0 Å². The highest BCUT2D eigenvalue weighted by Crippen LogP contribution is 2.18. The SMILES string of the molecule is O=C(CSCc1ccccc1)NC1CCCCC1O.